The van der Waals surface area contributed by atoms with E-state index in [0.717, 1.165) is 28.8 Å². The molecule has 5 rings (SSSR count). The number of nitrogens with zero attached hydrogens (tertiary/aromatic N) is 4. The summed E-state index contributed by atoms with van der Waals surface area (Å²) in [6, 6.07) is 17.0. The number of carboxylic acids is 1. The Bertz CT molecular complexity index is 1090. The summed E-state index contributed by atoms with van der Waals surface area (Å²) in [4.78, 5) is 23.4. The second kappa shape index (κ2) is 7.08. The van der Waals surface area contributed by atoms with Crippen LogP contribution in [0.25, 0.3) is 5.69 Å². The van der Waals surface area contributed by atoms with Crippen molar-refractivity contribution in [1.29, 1.82) is 0 Å². The SMILES string of the molecule is CC1CN2C(=NC(c3ccccn3)C2c2cccn2-c2cccc(C(=O)O)c2)S1. The van der Waals surface area contributed by atoms with Gasteiger partial charge in [0.25, 0.3) is 0 Å². The number of benzene rings is 1. The molecular weight excluding hydrogens is 384 g/mol. The lowest BCUT2D eigenvalue weighted by atomic mass is 10.0. The number of aromatic carboxylic acids is 1. The fraction of sp³-hybridized carbons (Fsp3) is 0.227. The minimum Gasteiger partial charge on any atom is -0.478 e. The first kappa shape index (κ1) is 18.0. The number of hydrogen-bond acceptors (Lipinski definition) is 5. The van der Waals surface area contributed by atoms with Gasteiger partial charge in [-0.1, -0.05) is 30.8 Å². The van der Waals surface area contributed by atoms with Gasteiger partial charge in [0.2, 0.25) is 0 Å². The highest BCUT2D eigenvalue weighted by Gasteiger charge is 2.44. The molecule has 2 aliphatic rings. The molecule has 3 atom stereocenters. The van der Waals surface area contributed by atoms with Crippen LogP contribution in [-0.2, 0) is 0 Å². The number of amidine groups is 1. The van der Waals surface area contributed by atoms with E-state index in [2.05, 4.69) is 27.4 Å². The smallest absolute Gasteiger partial charge is 0.335 e. The van der Waals surface area contributed by atoms with E-state index >= 15 is 0 Å². The molecule has 2 aromatic heterocycles. The Kier molecular flexibility index (Phi) is 4.39. The molecule has 0 spiro atoms. The van der Waals surface area contributed by atoms with Crippen LogP contribution in [0.3, 0.4) is 0 Å². The molecule has 146 valence electrons. The van der Waals surface area contributed by atoms with Gasteiger partial charge in [-0.2, -0.15) is 0 Å². The number of pyridine rings is 1. The molecule has 6 nitrogen and oxygen atoms in total. The van der Waals surface area contributed by atoms with Gasteiger partial charge in [-0.3, -0.25) is 9.98 Å². The molecule has 0 amide bonds. The van der Waals surface area contributed by atoms with Crippen molar-refractivity contribution in [3.05, 3.63) is 83.9 Å². The molecule has 2 aliphatic heterocycles. The van der Waals surface area contributed by atoms with E-state index in [4.69, 9.17) is 4.99 Å². The van der Waals surface area contributed by atoms with Gasteiger partial charge in [-0.25, -0.2) is 4.79 Å². The minimum absolute atomic E-state index is 0.0147. The maximum absolute atomic E-state index is 11.4. The molecule has 3 unspecified atom stereocenters. The van der Waals surface area contributed by atoms with Crippen LogP contribution in [-0.4, -0.2) is 42.5 Å². The maximum Gasteiger partial charge on any atom is 0.335 e. The van der Waals surface area contributed by atoms with Crippen LogP contribution in [0.4, 0.5) is 0 Å². The lowest BCUT2D eigenvalue weighted by Crippen LogP contribution is -2.30. The van der Waals surface area contributed by atoms with Crippen LogP contribution in [0.2, 0.25) is 0 Å². The third-order valence-electron chi connectivity index (χ3n) is 5.34. The zero-order valence-corrected chi connectivity index (χ0v) is 16.7. The Morgan fingerprint density at radius 1 is 1.17 bits per heavy atom. The molecule has 0 aliphatic carbocycles. The van der Waals surface area contributed by atoms with E-state index in [9.17, 15) is 9.90 Å². The third kappa shape index (κ3) is 3.11. The summed E-state index contributed by atoms with van der Waals surface area (Å²) in [6.07, 6.45) is 3.79. The average Bonchev–Trinajstić information content (AvgIpc) is 3.42. The zero-order chi connectivity index (χ0) is 20.0. The predicted molar refractivity (Wildman–Crippen MR) is 114 cm³/mol. The zero-order valence-electron chi connectivity index (χ0n) is 15.8. The summed E-state index contributed by atoms with van der Waals surface area (Å²) in [5, 5.41) is 10.9. The van der Waals surface area contributed by atoms with Gasteiger partial charge in [0.05, 0.1) is 17.3 Å². The maximum atomic E-state index is 11.4. The fourth-order valence-electron chi connectivity index (χ4n) is 4.10. The topological polar surface area (TPSA) is 70.7 Å². The summed E-state index contributed by atoms with van der Waals surface area (Å²) in [5.41, 5.74) is 3.13. The molecule has 1 aromatic carbocycles. The molecule has 0 radical (unpaired) electrons. The van der Waals surface area contributed by atoms with Crippen LogP contribution in [0, 0.1) is 0 Å². The standard InChI is InChI=1S/C22H20N4O2S/c1-14-13-26-20(19(24-22(26)29-14)17-8-2-3-10-23-17)18-9-5-11-25(18)16-7-4-6-15(12-16)21(27)28/h2-12,14,19-20H,13H2,1H3,(H,27,28). The third-order valence-corrected chi connectivity index (χ3v) is 6.44. The van der Waals surface area contributed by atoms with Crippen LogP contribution >= 0.6 is 11.8 Å². The second-order valence-corrected chi connectivity index (χ2v) is 8.70. The Labute approximate surface area is 172 Å². The van der Waals surface area contributed by atoms with Crippen LogP contribution in [0.15, 0.2) is 72.0 Å². The fourth-order valence-corrected chi connectivity index (χ4v) is 5.19. The van der Waals surface area contributed by atoms with E-state index < -0.39 is 5.97 Å². The highest BCUT2D eigenvalue weighted by Crippen LogP contribution is 2.47. The number of rotatable bonds is 4. The largest absolute Gasteiger partial charge is 0.478 e. The molecule has 29 heavy (non-hydrogen) atoms. The Morgan fingerprint density at radius 3 is 2.86 bits per heavy atom. The molecular formula is C22H20N4O2S. The van der Waals surface area contributed by atoms with Crippen LogP contribution < -0.4 is 0 Å². The molecule has 1 N–H and O–H groups in total. The molecule has 3 aromatic rings. The minimum atomic E-state index is -0.928. The van der Waals surface area contributed by atoms with E-state index in [1.165, 1.54) is 0 Å². The van der Waals surface area contributed by atoms with Crippen molar-refractivity contribution in [2.45, 2.75) is 24.3 Å². The normalized spacial score (nSPS) is 23.1. The van der Waals surface area contributed by atoms with Crippen LogP contribution in [0.5, 0.6) is 0 Å². The number of fused-ring (bicyclic) bond motifs is 1. The summed E-state index contributed by atoms with van der Waals surface area (Å²) in [6.45, 7) is 3.14. The van der Waals surface area contributed by atoms with Crippen molar-refractivity contribution in [3.8, 4) is 5.69 Å². The van der Waals surface area contributed by atoms with Crippen LogP contribution in [0.1, 0.15) is 40.8 Å². The molecule has 1 saturated heterocycles. The Morgan fingerprint density at radius 2 is 2.07 bits per heavy atom. The summed E-state index contributed by atoms with van der Waals surface area (Å²) < 4.78 is 2.07. The highest BCUT2D eigenvalue weighted by molar-refractivity contribution is 8.14. The molecule has 0 saturated carbocycles. The Balaban J connectivity index is 1.60. The number of aromatic nitrogens is 2. The number of carboxylic acid groups (broad SMARTS) is 1. The van der Waals surface area contributed by atoms with Crippen molar-refractivity contribution in [2.24, 2.45) is 4.99 Å². The molecule has 1 fully saturated rings. The first-order chi connectivity index (χ1) is 14.1. The van der Waals surface area contributed by atoms with Gasteiger partial charge >= 0.3 is 5.97 Å². The van der Waals surface area contributed by atoms with Gasteiger partial charge in [0.15, 0.2) is 5.17 Å². The van der Waals surface area contributed by atoms with Crippen molar-refractivity contribution >= 4 is 22.9 Å². The first-order valence-corrected chi connectivity index (χ1v) is 10.4. The lowest BCUT2D eigenvalue weighted by Gasteiger charge is -2.28. The average molecular weight is 404 g/mol. The van der Waals surface area contributed by atoms with Gasteiger partial charge in [0.1, 0.15) is 6.04 Å². The Hall–Kier alpha value is -3.06. The van der Waals surface area contributed by atoms with E-state index in [1.807, 2.05) is 36.5 Å². The number of carbonyl (C=O) groups is 1. The van der Waals surface area contributed by atoms with Gasteiger partial charge < -0.3 is 14.6 Å². The highest BCUT2D eigenvalue weighted by atomic mass is 32.2. The number of hydrogen-bond donors (Lipinski definition) is 1. The van der Waals surface area contributed by atoms with Gasteiger partial charge in [-0.15, -0.1) is 0 Å². The van der Waals surface area contributed by atoms with Crippen molar-refractivity contribution in [3.63, 3.8) is 0 Å². The first-order valence-electron chi connectivity index (χ1n) is 9.55. The lowest BCUT2D eigenvalue weighted by molar-refractivity contribution is 0.0697. The van der Waals surface area contributed by atoms with E-state index in [-0.39, 0.29) is 17.6 Å². The van der Waals surface area contributed by atoms with Gasteiger partial charge in [0, 0.05) is 35.6 Å². The van der Waals surface area contributed by atoms with Crippen molar-refractivity contribution < 1.29 is 9.90 Å². The summed E-state index contributed by atoms with van der Waals surface area (Å²) in [5.74, 6) is -0.928. The molecule has 7 heteroatoms. The summed E-state index contributed by atoms with van der Waals surface area (Å²) in [7, 11) is 0. The quantitative estimate of drug-likeness (QED) is 0.707. The predicted octanol–water partition coefficient (Wildman–Crippen LogP) is 4.16. The molecule has 4 heterocycles. The van der Waals surface area contributed by atoms with E-state index in [0.29, 0.717) is 5.25 Å². The van der Waals surface area contributed by atoms with Crippen molar-refractivity contribution in [2.75, 3.05) is 6.54 Å². The second-order valence-electron chi connectivity index (χ2n) is 7.30. The number of thioether (sulfide) groups is 1. The van der Waals surface area contributed by atoms with Gasteiger partial charge in [-0.05, 0) is 42.5 Å². The number of aliphatic imine (C=N–C) groups is 1. The van der Waals surface area contributed by atoms with Crippen molar-refractivity contribution in [1.82, 2.24) is 14.5 Å². The molecule has 0 bridgehead atoms. The summed E-state index contributed by atoms with van der Waals surface area (Å²) >= 11 is 1.80. The van der Waals surface area contributed by atoms with E-state index in [1.54, 1.807) is 36.2 Å². The monoisotopic (exact) mass is 404 g/mol.